The highest BCUT2D eigenvalue weighted by Gasteiger charge is 2.41. The molecule has 0 aromatic heterocycles. The zero-order chi connectivity index (χ0) is 17.3. The molecular formula is C16H18F3N3O2. The monoisotopic (exact) mass is 341 g/mol. The van der Waals surface area contributed by atoms with Gasteiger partial charge in [0.25, 0.3) is 0 Å². The van der Waals surface area contributed by atoms with Crippen molar-refractivity contribution in [2.75, 3.05) is 26.2 Å². The van der Waals surface area contributed by atoms with Crippen LogP contribution < -0.4 is 10.6 Å². The number of rotatable bonds is 4. The summed E-state index contributed by atoms with van der Waals surface area (Å²) in [6, 6.07) is 5.03. The van der Waals surface area contributed by atoms with Crippen molar-refractivity contribution in [2.24, 2.45) is 0 Å². The summed E-state index contributed by atoms with van der Waals surface area (Å²) in [4.78, 5) is 25.1. The van der Waals surface area contributed by atoms with E-state index < -0.39 is 11.7 Å². The van der Waals surface area contributed by atoms with Gasteiger partial charge in [0.2, 0.25) is 11.8 Å². The first-order valence-electron chi connectivity index (χ1n) is 7.79. The van der Waals surface area contributed by atoms with Gasteiger partial charge < -0.3 is 15.5 Å². The number of carbonyl (C=O) groups excluding carboxylic acids is 2. The molecule has 1 saturated heterocycles. The summed E-state index contributed by atoms with van der Waals surface area (Å²) in [5, 5.41) is 5.72. The third-order valence-electron chi connectivity index (χ3n) is 4.30. The summed E-state index contributed by atoms with van der Waals surface area (Å²) >= 11 is 0. The summed E-state index contributed by atoms with van der Waals surface area (Å²) < 4.78 is 38.2. The van der Waals surface area contributed by atoms with Gasteiger partial charge in [-0.25, -0.2) is 0 Å². The van der Waals surface area contributed by atoms with E-state index >= 15 is 0 Å². The van der Waals surface area contributed by atoms with Gasteiger partial charge in [0.15, 0.2) is 0 Å². The van der Waals surface area contributed by atoms with Crippen LogP contribution in [-0.2, 0) is 15.8 Å². The molecule has 1 aromatic rings. The maximum atomic E-state index is 12.7. The van der Waals surface area contributed by atoms with Crippen LogP contribution in [0.3, 0.4) is 0 Å². The molecule has 2 fully saturated rings. The molecule has 2 aliphatic rings. The topological polar surface area (TPSA) is 61.4 Å². The molecule has 0 radical (unpaired) electrons. The van der Waals surface area contributed by atoms with Gasteiger partial charge in [0.05, 0.1) is 18.7 Å². The van der Waals surface area contributed by atoms with Crippen molar-refractivity contribution in [2.45, 2.75) is 24.6 Å². The summed E-state index contributed by atoms with van der Waals surface area (Å²) in [6.07, 6.45) is -3.76. The highest BCUT2D eigenvalue weighted by Crippen LogP contribution is 2.42. The van der Waals surface area contributed by atoms with Gasteiger partial charge in [-0.1, -0.05) is 18.2 Å². The second kappa shape index (κ2) is 6.43. The minimum absolute atomic E-state index is 0.00761. The molecule has 24 heavy (non-hydrogen) atoms. The van der Waals surface area contributed by atoms with E-state index in [9.17, 15) is 22.8 Å². The van der Waals surface area contributed by atoms with E-state index in [0.717, 1.165) is 12.1 Å². The average Bonchev–Trinajstić information content (AvgIpc) is 3.28. The summed E-state index contributed by atoms with van der Waals surface area (Å²) in [6.45, 7) is 1.35. The molecular weight excluding hydrogens is 323 g/mol. The number of carbonyl (C=O) groups is 2. The van der Waals surface area contributed by atoms with Crippen molar-refractivity contribution < 1.29 is 22.8 Å². The zero-order valence-corrected chi connectivity index (χ0v) is 12.9. The maximum absolute atomic E-state index is 12.7. The highest BCUT2D eigenvalue weighted by atomic mass is 19.4. The van der Waals surface area contributed by atoms with Crippen LogP contribution in [0, 0.1) is 0 Å². The van der Waals surface area contributed by atoms with Crippen molar-refractivity contribution in [3.8, 4) is 0 Å². The Bertz CT molecular complexity index is 648. The lowest BCUT2D eigenvalue weighted by Gasteiger charge is -2.26. The third kappa shape index (κ3) is 3.87. The molecule has 1 aliphatic heterocycles. The average molecular weight is 341 g/mol. The molecule has 2 N–H and O–H groups in total. The fourth-order valence-corrected chi connectivity index (χ4v) is 2.91. The Morgan fingerprint density at radius 2 is 2.17 bits per heavy atom. The molecule has 0 bridgehead atoms. The lowest BCUT2D eigenvalue weighted by atomic mass is 10.1. The standard InChI is InChI=1S/C16H18F3N3O2/c17-16(18,19)11-3-1-2-10(6-11)12-7-13(12)21-14(23)9-22-5-4-20-8-15(22)24/h1-3,6,12-13,20H,4-5,7-9H2,(H,21,23)/t12-,13+/m0/s1. The van der Waals surface area contributed by atoms with Gasteiger partial charge in [0, 0.05) is 25.0 Å². The lowest BCUT2D eigenvalue weighted by molar-refractivity contribution is -0.137. The largest absolute Gasteiger partial charge is 0.416 e. The third-order valence-corrected chi connectivity index (χ3v) is 4.30. The van der Waals surface area contributed by atoms with E-state index in [4.69, 9.17) is 0 Å². The zero-order valence-electron chi connectivity index (χ0n) is 12.9. The molecule has 2 atom stereocenters. The molecule has 8 heteroatoms. The van der Waals surface area contributed by atoms with E-state index in [1.54, 1.807) is 6.07 Å². The predicted octanol–water partition coefficient (Wildman–Crippen LogP) is 1.11. The first-order valence-corrected chi connectivity index (χ1v) is 7.79. The van der Waals surface area contributed by atoms with Crippen molar-refractivity contribution >= 4 is 11.8 Å². The highest BCUT2D eigenvalue weighted by molar-refractivity contribution is 5.86. The maximum Gasteiger partial charge on any atom is 0.416 e. The fourth-order valence-electron chi connectivity index (χ4n) is 2.91. The number of piperazine rings is 1. The molecule has 0 unspecified atom stereocenters. The summed E-state index contributed by atoms with van der Waals surface area (Å²) in [5.74, 6) is -0.499. The molecule has 3 rings (SSSR count). The van der Waals surface area contributed by atoms with E-state index in [1.165, 1.54) is 11.0 Å². The number of hydrogen-bond acceptors (Lipinski definition) is 3. The molecule has 1 heterocycles. The number of amides is 2. The number of nitrogens with zero attached hydrogens (tertiary/aromatic N) is 1. The number of alkyl halides is 3. The van der Waals surface area contributed by atoms with E-state index in [1.807, 2.05) is 0 Å². The minimum atomic E-state index is -4.37. The van der Waals surface area contributed by atoms with E-state index in [0.29, 0.717) is 25.1 Å². The van der Waals surface area contributed by atoms with Crippen molar-refractivity contribution in [3.05, 3.63) is 35.4 Å². The van der Waals surface area contributed by atoms with Gasteiger partial charge in [-0.05, 0) is 18.1 Å². The van der Waals surface area contributed by atoms with E-state index in [2.05, 4.69) is 10.6 Å². The Kier molecular flexibility index (Phi) is 4.49. The number of halogens is 3. The van der Waals surface area contributed by atoms with Crippen molar-refractivity contribution in [3.63, 3.8) is 0 Å². The Hall–Kier alpha value is -2.09. The molecule has 1 aliphatic carbocycles. The van der Waals surface area contributed by atoms with Crippen molar-refractivity contribution in [1.29, 1.82) is 0 Å². The molecule has 2 amide bonds. The SMILES string of the molecule is O=C(CN1CCNCC1=O)N[C@@H]1C[C@H]1c1cccc(C(F)(F)F)c1. The number of hydrogen-bond donors (Lipinski definition) is 2. The summed E-state index contributed by atoms with van der Waals surface area (Å²) in [7, 11) is 0. The smallest absolute Gasteiger partial charge is 0.351 e. The fraction of sp³-hybridized carbons (Fsp3) is 0.500. The normalized spacial score (nSPS) is 24.0. The van der Waals surface area contributed by atoms with Crippen LogP contribution in [-0.4, -0.2) is 48.9 Å². The Labute approximate surface area is 137 Å². The molecule has 5 nitrogen and oxygen atoms in total. The predicted molar refractivity (Wildman–Crippen MR) is 80.2 cm³/mol. The summed E-state index contributed by atoms with van der Waals surface area (Å²) in [5.41, 5.74) is -0.100. The Balaban J connectivity index is 1.54. The Morgan fingerprint density at radius 1 is 1.38 bits per heavy atom. The van der Waals surface area contributed by atoms with Gasteiger partial charge >= 0.3 is 6.18 Å². The van der Waals surface area contributed by atoms with Gasteiger partial charge in [0.1, 0.15) is 0 Å². The number of nitrogens with one attached hydrogen (secondary N) is 2. The van der Waals surface area contributed by atoms with Gasteiger partial charge in [-0.2, -0.15) is 13.2 Å². The van der Waals surface area contributed by atoms with Crippen LogP contribution in [0.4, 0.5) is 13.2 Å². The lowest BCUT2D eigenvalue weighted by Crippen LogP contribution is -2.51. The first kappa shape index (κ1) is 16.8. The van der Waals surface area contributed by atoms with E-state index in [-0.39, 0.29) is 36.9 Å². The minimum Gasteiger partial charge on any atom is -0.351 e. The molecule has 0 spiro atoms. The number of benzene rings is 1. The quantitative estimate of drug-likeness (QED) is 0.862. The second-order valence-electron chi connectivity index (χ2n) is 6.13. The first-order chi connectivity index (χ1) is 11.3. The van der Waals surface area contributed by atoms with Crippen LogP contribution in [0.15, 0.2) is 24.3 Å². The van der Waals surface area contributed by atoms with Crippen LogP contribution in [0.25, 0.3) is 0 Å². The van der Waals surface area contributed by atoms with Crippen LogP contribution in [0.2, 0.25) is 0 Å². The second-order valence-corrected chi connectivity index (χ2v) is 6.13. The molecule has 1 saturated carbocycles. The van der Waals surface area contributed by atoms with Crippen molar-refractivity contribution in [1.82, 2.24) is 15.5 Å². The molecule has 1 aromatic carbocycles. The van der Waals surface area contributed by atoms with Gasteiger partial charge in [-0.3, -0.25) is 9.59 Å². The van der Waals surface area contributed by atoms with Crippen LogP contribution in [0.1, 0.15) is 23.5 Å². The van der Waals surface area contributed by atoms with Gasteiger partial charge in [-0.15, -0.1) is 0 Å². The molecule has 130 valence electrons. The van der Waals surface area contributed by atoms with Crippen LogP contribution >= 0.6 is 0 Å². The Morgan fingerprint density at radius 3 is 2.88 bits per heavy atom. The van der Waals surface area contributed by atoms with Crippen LogP contribution in [0.5, 0.6) is 0 Å².